The van der Waals surface area contributed by atoms with Crippen LogP contribution in [0.4, 0.5) is 26.3 Å². The summed E-state index contributed by atoms with van der Waals surface area (Å²) in [6.45, 7) is 9.65. The molecule has 1 saturated heterocycles. The molecular formula is C21H27F6N5O5. The van der Waals surface area contributed by atoms with Crippen LogP contribution in [0.3, 0.4) is 0 Å². The average Bonchev–Trinajstić information content (AvgIpc) is 3.45. The highest BCUT2D eigenvalue weighted by atomic mass is 19.4. The topological polar surface area (TPSA) is 115 Å². The second kappa shape index (κ2) is 12.9. The van der Waals surface area contributed by atoms with Crippen molar-refractivity contribution in [3.05, 3.63) is 41.9 Å². The summed E-state index contributed by atoms with van der Waals surface area (Å²) in [6, 6.07) is 2.04. The summed E-state index contributed by atoms with van der Waals surface area (Å²) in [5.74, 6) is -4.32. The number of alkyl halides is 6. The lowest BCUT2D eigenvalue weighted by Crippen LogP contribution is -2.44. The number of hydrogen-bond acceptors (Lipinski definition) is 7. The van der Waals surface area contributed by atoms with Crippen molar-refractivity contribution in [1.29, 1.82) is 0 Å². The molecule has 10 nitrogen and oxygen atoms in total. The number of carboxylic acids is 2. The number of carbonyl (C=O) groups is 2. The van der Waals surface area contributed by atoms with E-state index in [0.29, 0.717) is 0 Å². The summed E-state index contributed by atoms with van der Waals surface area (Å²) >= 11 is 0. The highest BCUT2D eigenvalue weighted by Gasteiger charge is 2.38. The number of carboxylic acid groups (broad SMARTS) is 2. The van der Waals surface area contributed by atoms with Crippen LogP contribution >= 0.6 is 0 Å². The summed E-state index contributed by atoms with van der Waals surface area (Å²) in [6.07, 6.45) is -4.51. The van der Waals surface area contributed by atoms with Gasteiger partial charge in [0.25, 0.3) is 0 Å². The third-order valence-corrected chi connectivity index (χ3v) is 5.48. The number of furan rings is 1. The van der Waals surface area contributed by atoms with E-state index >= 15 is 0 Å². The van der Waals surface area contributed by atoms with E-state index in [1.807, 2.05) is 12.3 Å². The van der Waals surface area contributed by atoms with Gasteiger partial charge in [0.05, 0.1) is 24.8 Å². The van der Waals surface area contributed by atoms with E-state index in [-0.39, 0.29) is 0 Å². The first-order valence-electron chi connectivity index (χ1n) is 10.9. The Morgan fingerprint density at radius 1 is 0.919 bits per heavy atom. The smallest absolute Gasteiger partial charge is 0.475 e. The molecule has 16 heteroatoms. The molecule has 0 aliphatic carbocycles. The number of nitrogens with zero attached hydrogens (tertiary/aromatic N) is 5. The van der Waals surface area contributed by atoms with Gasteiger partial charge in [-0.15, -0.1) is 0 Å². The van der Waals surface area contributed by atoms with Crippen LogP contribution in [-0.2, 0) is 35.8 Å². The van der Waals surface area contributed by atoms with E-state index in [9.17, 15) is 26.3 Å². The summed E-state index contributed by atoms with van der Waals surface area (Å²) in [4.78, 5) is 29.8. The Morgan fingerprint density at radius 2 is 1.46 bits per heavy atom. The first-order valence-corrected chi connectivity index (χ1v) is 10.9. The van der Waals surface area contributed by atoms with Gasteiger partial charge in [-0.2, -0.15) is 26.3 Å². The van der Waals surface area contributed by atoms with Crippen LogP contribution in [0, 0.1) is 0 Å². The van der Waals surface area contributed by atoms with Crippen molar-refractivity contribution in [3.8, 4) is 0 Å². The zero-order valence-corrected chi connectivity index (χ0v) is 19.8. The number of halogens is 6. The third-order valence-electron chi connectivity index (χ3n) is 5.48. The highest BCUT2D eigenvalue weighted by Crippen LogP contribution is 2.18. The predicted molar refractivity (Wildman–Crippen MR) is 115 cm³/mol. The van der Waals surface area contributed by atoms with Crippen molar-refractivity contribution in [2.75, 3.05) is 39.8 Å². The quantitative estimate of drug-likeness (QED) is 0.562. The number of piperazine rings is 1. The number of likely N-dealkylation sites (N-methyl/N-ethyl adjacent to an activating group) is 1. The van der Waals surface area contributed by atoms with Crippen molar-refractivity contribution < 1.29 is 50.6 Å². The van der Waals surface area contributed by atoms with E-state index in [4.69, 9.17) is 24.2 Å². The Balaban J connectivity index is 0.000000286. The second-order valence-corrected chi connectivity index (χ2v) is 8.34. The monoisotopic (exact) mass is 543 g/mol. The van der Waals surface area contributed by atoms with Crippen LogP contribution in [0.2, 0.25) is 0 Å². The fraction of sp³-hybridized carbons (Fsp3) is 0.571. The van der Waals surface area contributed by atoms with Gasteiger partial charge in [-0.05, 0) is 13.1 Å². The maximum Gasteiger partial charge on any atom is 0.490 e. The molecule has 0 spiro atoms. The van der Waals surface area contributed by atoms with Gasteiger partial charge in [-0.1, -0.05) is 0 Å². The molecule has 37 heavy (non-hydrogen) atoms. The van der Waals surface area contributed by atoms with Crippen LogP contribution in [-0.4, -0.2) is 98.5 Å². The Morgan fingerprint density at radius 3 is 1.95 bits per heavy atom. The molecule has 0 saturated carbocycles. The molecule has 0 amide bonds. The van der Waals surface area contributed by atoms with Crippen LogP contribution in [0.1, 0.15) is 17.1 Å². The molecule has 2 N–H and O–H groups in total. The van der Waals surface area contributed by atoms with E-state index in [1.54, 1.807) is 6.26 Å². The van der Waals surface area contributed by atoms with Crippen molar-refractivity contribution in [1.82, 2.24) is 24.3 Å². The number of hydrogen-bond donors (Lipinski definition) is 2. The summed E-state index contributed by atoms with van der Waals surface area (Å²) in [5.41, 5.74) is 2.61. The van der Waals surface area contributed by atoms with Crippen LogP contribution in [0.25, 0.3) is 0 Å². The minimum Gasteiger partial charge on any atom is -0.475 e. The van der Waals surface area contributed by atoms with Crippen molar-refractivity contribution in [3.63, 3.8) is 0 Å². The van der Waals surface area contributed by atoms with Crippen LogP contribution < -0.4 is 0 Å². The first kappa shape index (κ1) is 30.1. The minimum absolute atomic E-state index is 0.925. The first-order chi connectivity index (χ1) is 17.2. The molecule has 208 valence electrons. The molecule has 0 aromatic carbocycles. The third kappa shape index (κ3) is 10.0. The maximum absolute atomic E-state index is 10.6. The molecule has 2 aromatic heterocycles. The van der Waals surface area contributed by atoms with Gasteiger partial charge in [0.15, 0.2) is 0 Å². The fourth-order valence-corrected chi connectivity index (χ4v) is 3.51. The van der Waals surface area contributed by atoms with Gasteiger partial charge in [-0.25, -0.2) is 14.6 Å². The lowest BCUT2D eigenvalue weighted by atomic mass is 10.2. The average molecular weight is 543 g/mol. The molecule has 4 rings (SSSR count). The molecule has 0 unspecified atom stereocenters. The van der Waals surface area contributed by atoms with Crippen molar-refractivity contribution >= 4 is 11.9 Å². The van der Waals surface area contributed by atoms with Crippen molar-refractivity contribution in [2.45, 2.75) is 38.5 Å². The van der Waals surface area contributed by atoms with Crippen LogP contribution in [0.5, 0.6) is 0 Å². The van der Waals surface area contributed by atoms with Crippen molar-refractivity contribution in [2.24, 2.45) is 0 Å². The summed E-state index contributed by atoms with van der Waals surface area (Å²) in [7, 11) is 2.20. The normalized spacial score (nSPS) is 17.2. The number of fused-ring (bicyclic) bond motifs is 1. The number of aliphatic carboxylic acids is 2. The molecule has 0 atom stereocenters. The lowest BCUT2D eigenvalue weighted by molar-refractivity contribution is -0.193. The zero-order valence-electron chi connectivity index (χ0n) is 19.8. The van der Waals surface area contributed by atoms with Gasteiger partial charge in [0.1, 0.15) is 5.82 Å². The zero-order chi connectivity index (χ0) is 27.8. The maximum atomic E-state index is 10.6. The van der Waals surface area contributed by atoms with Crippen LogP contribution in [0.15, 0.2) is 29.2 Å². The summed E-state index contributed by atoms with van der Waals surface area (Å²) < 4.78 is 71.1. The molecular weight excluding hydrogens is 516 g/mol. The molecule has 4 heterocycles. The summed E-state index contributed by atoms with van der Waals surface area (Å²) in [5, 5.41) is 14.2. The SMILES string of the molecule is CN1CCN(Cc2cnc3n2CCN(Cc2ccoc2)C3)CC1.O=C(O)C(F)(F)F.O=C(O)C(F)(F)F. The van der Waals surface area contributed by atoms with Gasteiger partial charge in [0.2, 0.25) is 0 Å². The fourth-order valence-electron chi connectivity index (χ4n) is 3.51. The van der Waals surface area contributed by atoms with Gasteiger partial charge in [-0.3, -0.25) is 9.80 Å². The molecule has 1 fully saturated rings. The van der Waals surface area contributed by atoms with E-state index < -0.39 is 24.3 Å². The Kier molecular flexibility index (Phi) is 10.5. The lowest BCUT2D eigenvalue weighted by Gasteiger charge is -2.33. The van der Waals surface area contributed by atoms with E-state index in [1.165, 1.54) is 30.2 Å². The molecule has 2 aliphatic heterocycles. The molecule has 2 aliphatic rings. The standard InChI is InChI=1S/C17H25N5O.2C2HF3O2/c1-19-3-5-20(6-4-19)12-16-10-18-17-13-21(7-8-22(16)17)11-15-2-9-23-14-15;2*3-2(4,5)1(6)7/h2,9-10,14H,3-8,11-13H2,1H3;2*(H,6,7). The van der Waals surface area contributed by atoms with Gasteiger partial charge >= 0.3 is 24.3 Å². The van der Waals surface area contributed by atoms with Gasteiger partial charge in [0, 0.05) is 64.1 Å². The Hall–Kier alpha value is -3.11. The van der Waals surface area contributed by atoms with E-state index in [2.05, 4.69) is 37.5 Å². The Bertz CT molecular complexity index is 977. The molecule has 0 bridgehead atoms. The number of rotatable bonds is 4. The molecule has 0 radical (unpaired) electrons. The Labute approximate surface area is 207 Å². The second-order valence-electron chi connectivity index (χ2n) is 8.34. The molecule has 2 aromatic rings. The van der Waals surface area contributed by atoms with E-state index in [0.717, 1.165) is 45.8 Å². The number of aromatic nitrogens is 2. The largest absolute Gasteiger partial charge is 0.490 e. The number of imidazole rings is 1. The minimum atomic E-state index is -5.08. The van der Waals surface area contributed by atoms with Gasteiger partial charge < -0.3 is 24.1 Å². The predicted octanol–water partition coefficient (Wildman–Crippen LogP) is 2.51. The highest BCUT2D eigenvalue weighted by molar-refractivity contribution is 5.73.